The molecule has 2 aliphatic carbocycles. The molecule has 7 nitrogen and oxygen atoms in total. The zero-order valence-corrected chi connectivity index (χ0v) is 19.2. The Hall–Kier alpha value is -2.19. The third kappa shape index (κ3) is 3.56. The predicted octanol–water partition coefficient (Wildman–Crippen LogP) is 3.97. The van der Waals surface area contributed by atoms with E-state index in [1.165, 1.54) is 54.4 Å². The van der Waals surface area contributed by atoms with Crippen molar-refractivity contribution in [2.75, 3.05) is 31.4 Å². The smallest absolute Gasteiger partial charge is 0.233 e. The Bertz CT molecular complexity index is 1050. The van der Waals surface area contributed by atoms with E-state index in [1.807, 2.05) is 47.4 Å². The van der Waals surface area contributed by atoms with E-state index in [1.54, 1.807) is 0 Å². The first-order valence-electron chi connectivity index (χ1n) is 11.0. The van der Waals surface area contributed by atoms with E-state index in [0.29, 0.717) is 12.1 Å². The van der Waals surface area contributed by atoms with Gasteiger partial charge in [0.15, 0.2) is 0 Å². The number of anilines is 3. The Morgan fingerprint density at radius 3 is 2.60 bits per heavy atom. The first-order chi connectivity index (χ1) is 14.5. The summed E-state index contributed by atoms with van der Waals surface area (Å²) < 4.78 is 1.81. The maximum absolute atomic E-state index is 5.05. The largest absolute Gasteiger partial charge is 0.367 e. The van der Waals surface area contributed by atoms with Gasteiger partial charge in [0.2, 0.25) is 5.95 Å². The van der Waals surface area contributed by atoms with Gasteiger partial charge in [-0.1, -0.05) is 0 Å². The van der Waals surface area contributed by atoms with Gasteiger partial charge in [-0.2, -0.15) is 10.1 Å². The van der Waals surface area contributed by atoms with Gasteiger partial charge in [0, 0.05) is 37.3 Å². The first kappa shape index (κ1) is 19.8. The van der Waals surface area contributed by atoms with Crippen LogP contribution in [0.4, 0.5) is 17.5 Å². The van der Waals surface area contributed by atoms with Crippen LogP contribution in [0.3, 0.4) is 0 Å². The minimum atomic E-state index is 0.479. The molecule has 0 aliphatic heterocycles. The van der Waals surface area contributed by atoms with Crippen LogP contribution >= 0.6 is 11.3 Å². The molecule has 3 aromatic heterocycles. The quantitative estimate of drug-likeness (QED) is 0.667. The van der Waals surface area contributed by atoms with Gasteiger partial charge in [-0.25, -0.2) is 4.98 Å². The zero-order valence-electron chi connectivity index (χ0n) is 18.4. The van der Waals surface area contributed by atoms with Gasteiger partial charge >= 0.3 is 0 Å². The number of nitrogens with zero attached hydrogens (tertiary/aromatic N) is 6. The fraction of sp³-hybridized carbons (Fsp3) is 0.591. The number of fused-ring (bicyclic) bond motifs is 3. The maximum atomic E-state index is 5.05. The second-order valence-corrected chi connectivity index (χ2v) is 10.0. The van der Waals surface area contributed by atoms with Crippen molar-refractivity contribution in [2.45, 2.75) is 57.0 Å². The average molecular weight is 426 g/mol. The molecule has 160 valence electrons. The Labute approximate surface area is 182 Å². The van der Waals surface area contributed by atoms with Crippen molar-refractivity contribution in [3.8, 4) is 0 Å². The van der Waals surface area contributed by atoms with Crippen LogP contribution in [0.25, 0.3) is 10.2 Å². The van der Waals surface area contributed by atoms with E-state index >= 15 is 0 Å². The highest BCUT2D eigenvalue weighted by molar-refractivity contribution is 7.19. The molecule has 3 aromatic rings. The lowest BCUT2D eigenvalue weighted by Gasteiger charge is -2.33. The molecule has 0 radical (unpaired) electrons. The van der Waals surface area contributed by atoms with Crippen LogP contribution in [0.5, 0.6) is 0 Å². The lowest BCUT2D eigenvalue weighted by atomic mass is 9.90. The number of aryl methyl sites for hydroxylation is 3. The van der Waals surface area contributed by atoms with Gasteiger partial charge in [-0.15, -0.1) is 11.3 Å². The molecule has 0 bridgehead atoms. The molecular weight excluding hydrogens is 394 g/mol. The highest BCUT2D eigenvalue weighted by Gasteiger charge is 2.27. The van der Waals surface area contributed by atoms with Crippen LogP contribution in [0.1, 0.15) is 42.5 Å². The van der Waals surface area contributed by atoms with Crippen molar-refractivity contribution in [3.63, 3.8) is 0 Å². The summed E-state index contributed by atoms with van der Waals surface area (Å²) in [4.78, 5) is 17.0. The first-order valence-corrected chi connectivity index (χ1v) is 11.8. The van der Waals surface area contributed by atoms with E-state index in [2.05, 4.69) is 29.4 Å². The Morgan fingerprint density at radius 1 is 1.10 bits per heavy atom. The number of thiophene rings is 1. The molecule has 1 saturated carbocycles. The summed E-state index contributed by atoms with van der Waals surface area (Å²) in [6, 6.07) is 1.18. The number of hydrogen-bond acceptors (Lipinski definition) is 7. The van der Waals surface area contributed by atoms with Crippen molar-refractivity contribution in [1.29, 1.82) is 0 Å². The minimum absolute atomic E-state index is 0.479. The summed E-state index contributed by atoms with van der Waals surface area (Å²) in [6.45, 7) is 0. The van der Waals surface area contributed by atoms with E-state index in [-0.39, 0.29) is 0 Å². The van der Waals surface area contributed by atoms with E-state index in [9.17, 15) is 0 Å². The summed E-state index contributed by atoms with van der Waals surface area (Å²) in [5.74, 6) is 1.76. The molecule has 1 fully saturated rings. The van der Waals surface area contributed by atoms with Gasteiger partial charge in [0.1, 0.15) is 10.6 Å². The lowest BCUT2D eigenvalue weighted by molar-refractivity contribution is 0.221. The normalized spacial score (nSPS) is 21.4. The molecule has 0 atom stereocenters. The van der Waals surface area contributed by atoms with Crippen molar-refractivity contribution < 1.29 is 0 Å². The Balaban J connectivity index is 1.49. The molecule has 0 saturated heterocycles. The number of rotatable bonds is 5. The number of aromatic nitrogens is 4. The van der Waals surface area contributed by atoms with Crippen LogP contribution < -0.4 is 10.2 Å². The molecule has 0 unspecified atom stereocenters. The monoisotopic (exact) mass is 425 g/mol. The van der Waals surface area contributed by atoms with Gasteiger partial charge in [-0.05, 0) is 64.6 Å². The highest BCUT2D eigenvalue weighted by atomic mass is 32.1. The third-order valence-electron chi connectivity index (χ3n) is 6.70. The fourth-order valence-corrected chi connectivity index (χ4v) is 6.12. The highest BCUT2D eigenvalue weighted by Crippen LogP contribution is 2.41. The molecule has 0 amide bonds. The summed E-state index contributed by atoms with van der Waals surface area (Å²) in [7, 11) is 8.34. The topological polar surface area (TPSA) is 62.1 Å². The van der Waals surface area contributed by atoms with Crippen LogP contribution in [0, 0.1) is 0 Å². The van der Waals surface area contributed by atoms with Crippen molar-refractivity contribution in [3.05, 3.63) is 22.8 Å². The average Bonchev–Trinajstić information content (AvgIpc) is 3.43. The molecule has 5 rings (SSSR count). The van der Waals surface area contributed by atoms with E-state index in [4.69, 9.17) is 9.97 Å². The van der Waals surface area contributed by atoms with E-state index < -0.39 is 0 Å². The Kier molecular flexibility index (Phi) is 5.14. The second-order valence-electron chi connectivity index (χ2n) is 8.95. The standard InChI is InChI=1S/C22H31N7S/c1-27(2)15-10-8-14(9-11-15)24-20-19-17-6-5-7-18(17)30-21(19)26-22(25-20)29(4)16-12-23-28(3)13-16/h12-15H,5-11H2,1-4H3,(H,24,25,26). The summed E-state index contributed by atoms with van der Waals surface area (Å²) in [5, 5.41) is 9.42. The van der Waals surface area contributed by atoms with Gasteiger partial charge in [0.05, 0.1) is 17.3 Å². The van der Waals surface area contributed by atoms with Crippen LogP contribution in [-0.4, -0.2) is 57.9 Å². The molecule has 0 aromatic carbocycles. The third-order valence-corrected chi connectivity index (χ3v) is 7.88. The molecule has 0 spiro atoms. The van der Waals surface area contributed by atoms with Crippen LogP contribution in [0.2, 0.25) is 0 Å². The van der Waals surface area contributed by atoms with Gasteiger partial charge < -0.3 is 15.1 Å². The fourth-order valence-electron chi connectivity index (χ4n) is 4.87. The number of hydrogen-bond donors (Lipinski definition) is 1. The lowest BCUT2D eigenvalue weighted by Crippen LogP contribution is -2.36. The van der Waals surface area contributed by atoms with E-state index in [0.717, 1.165) is 28.7 Å². The molecule has 3 heterocycles. The van der Waals surface area contributed by atoms with Gasteiger partial charge in [0.25, 0.3) is 0 Å². The van der Waals surface area contributed by atoms with Crippen molar-refractivity contribution >= 4 is 39.0 Å². The van der Waals surface area contributed by atoms with Crippen molar-refractivity contribution in [1.82, 2.24) is 24.6 Å². The minimum Gasteiger partial charge on any atom is -0.367 e. The molecule has 2 aliphatic rings. The summed E-state index contributed by atoms with van der Waals surface area (Å²) >= 11 is 1.85. The maximum Gasteiger partial charge on any atom is 0.233 e. The molecular formula is C22H31N7S. The second kappa shape index (κ2) is 7.81. The molecule has 30 heavy (non-hydrogen) atoms. The molecule has 8 heteroatoms. The number of nitrogens with one attached hydrogen (secondary N) is 1. The SMILES string of the molecule is CN(c1cnn(C)c1)c1nc(NC2CCC(N(C)C)CC2)c2c3c(sc2n1)CCC3. The predicted molar refractivity (Wildman–Crippen MR) is 124 cm³/mol. The Morgan fingerprint density at radius 2 is 1.90 bits per heavy atom. The van der Waals surface area contributed by atoms with Crippen LogP contribution in [-0.2, 0) is 19.9 Å². The molecule has 1 N–H and O–H groups in total. The van der Waals surface area contributed by atoms with Crippen LogP contribution in [0.15, 0.2) is 12.4 Å². The van der Waals surface area contributed by atoms with Crippen molar-refractivity contribution in [2.24, 2.45) is 7.05 Å². The zero-order chi connectivity index (χ0) is 20.8. The summed E-state index contributed by atoms with van der Waals surface area (Å²) in [5.41, 5.74) is 2.48. The van der Waals surface area contributed by atoms with Gasteiger partial charge in [-0.3, -0.25) is 4.68 Å². The summed E-state index contributed by atoms with van der Waals surface area (Å²) in [6.07, 6.45) is 12.3.